The largest absolute Gasteiger partial charge is 0.481 e. The quantitative estimate of drug-likeness (QED) is 0.838. The van der Waals surface area contributed by atoms with Crippen molar-refractivity contribution in [2.45, 2.75) is 25.8 Å². The van der Waals surface area contributed by atoms with Crippen molar-refractivity contribution >= 4 is 23.5 Å². The SMILES string of the molecule is CC(C(=O)Nc1ccc(C(=O)N2CCC(C(=O)O)CC2)cc1)n1cccn1. The first-order chi connectivity index (χ1) is 13.0. The minimum absolute atomic E-state index is 0.123. The minimum Gasteiger partial charge on any atom is -0.481 e. The number of carboxylic acids is 1. The molecule has 1 aliphatic rings. The van der Waals surface area contributed by atoms with E-state index >= 15 is 0 Å². The van der Waals surface area contributed by atoms with Gasteiger partial charge in [-0.15, -0.1) is 0 Å². The normalized spacial score (nSPS) is 16.0. The van der Waals surface area contributed by atoms with Gasteiger partial charge in [0.1, 0.15) is 6.04 Å². The van der Waals surface area contributed by atoms with E-state index in [0.717, 1.165) is 0 Å². The summed E-state index contributed by atoms with van der Waals surface area (Å²) in [4.78, 5) is 37.5. The van der Waals surface area contributed by atoms with E-state index in [1.165, 1.54) is 0 Å². The first-order valence-electron chi connectivity index (χ1n) is 8.88. The van der Waals surface area contributed by atoms with E-state index in [4.69, 9.17) is 5.11 Å². The van der Waals surface area contributed by atoms with Gasteiger partial charge in [0.05, 0.1) is 5.92 Å². The fourth-order valence-electron chi connectivity index (χ4n) is 3.08. The van der Waals surface area contributed by atoms with Crippen LogP contribution in [0.5, 0.6) is 0 Å². The number of hydrogen-bond acceptors (Lipinski definition) is 4. The Hall–Kier alpha value is -3.16. The number of rotatable bonds is 5. The molecule has 142 valence electrons. The molecule has 3 rings (SSSR count). The Morgan fingerprint density at radius 3 is 2.41 bits per heavy atom. The Bertz CT molecular complexity index is 809. The molecule has 1 aromatic heterocycles. The van der Waals surface area contributed by atoms with Crippen LogP contribution in [0.4, 0.5) is 5.69 Å². The van der Waals surface area contributed by atoms with Crippen LogP contribution in [0.2, 0.25) is 0 Å². The molecular weight excluding hydrogens is 348 g/mol. The molecule has 1 aliphatic heterocycles. The fourth-order valence-corrected chi connectivity index (χ4v) is 3.08. The zero-order valence-electron chi connectivity index (χ0n) is 15.0. The number of anilines is 1. The van der Waals surface area contributed by atoms with Crippen LogP contribution in [-0.2, 0) is 9.59 Å². The third kappa shape index (κ3) is 4.33. The Balaban J connectivity index is 1.58. The second-order valence-corrected chi connectivity index (χ2v) is 6.63. The topological polar surface area (TPSA) is 105 Å². The number of benzene rings is 1. The van der Waals surface area contributed by atoms with Crippen LogP contribution in [0.1, 0.15) is 36.2 Å². The molecule has 1 saturated heterocycles. The van der Waals surface area contributed by atoms with Gasteiger partial charge in [0.2, 0.25) is 5.91 Å². The highest BCUT2D eigenvalue weighted by Gasteiger charge is 2.27. The van der Waals surface area contributed by atoms with Gasteiger partial charge in [-0.1, -0.05) is 0 Å². The van der Waals surface area contributed by atoms with Gasteiger partial charge in [0, 0.05) is 36.7 Å². The van der Waals surface area contributed by atoms with Crippen LogP contribution in [0.25, 0.3) is 0 Å². The van der Waals surface area contributed by atoms with Crippen molar-refractivity contribution in [2.24, 2.45) is 5.92 Å². The van der Waals surface area contributed by atoms with E-state index in [2.05, 4.69) is 10.4 Å². The number of carbonyl (C=O) groups excluding carboxylic acids is 2. The van der Waals surface area contributed by atoms with Gasteiger partial charge < -0.3 is 15.3 Å². The Kier molecular flexibility index (Phi) is 5.54. The molecule has 1 fully saturated rings. The summed E-state index contributed by atoms with van der Waals surface area (Å²) in [5.41, 5.74) is 1.11. The smallest absolute Gasteiger partial charge is 0.306 e. The molecule has 27 heavy (non-hydrogen) atoms. The van der Waals surface area contributed by atoms with Gasteiger partial charge in [-0.2, -0.15) is 5.10 Å². The monoisotopic (exact) mass is 370 g/mol. The standard InChI is InChI=1S/C19H22N4O4/c1-13(23-10-2-9-20-23)17(24)21-16-5-3-14(4-6-16)18(25)22-11-7-15(8-12-22)19(26)27/h2-6,9-10,13,15H,7-8,11-12H2,1H3,(H,21,24)(H,26,27). The van der Waals surface area contributed by atoms with E-state index in [-0.39, 0.29) is 17.7 Å². The minimum atomic E-state index is -0.800. The molecule has 2 amide bonds. The van der Waals surface area contributed by atoms with Gasteiger partial charge in [-0.05, 0) is 50.1 Å². The summed E-state index contributed by atoms with van der Waals surface area (Å²) in [6.07, 6.45) is 4.28. The lowest BCUT2D eigenvalue weighted by Gasteiger charge is -2.30. The van der Waals surface area contributed by atoms with E-state index in [9.17, 15) is 14.4 Å². The van der Waals surface area contributed by atoms with Gasteiger partial charge in [0.25, 0.3) is 5.91 Å². The number of aliphatic carboxylic acids is 1. The lowest BCUT2D eigenvalue weighted by molar-refractivity contribution is -0.143. The maximum Gasteiger partial charge on any atom is 0.306 e. The van der Waals surface area contributed by atoms with Crippen LogP contribution in [-0.4, -0.2) is 50.7 Å². The summed E-state index contributed by atoms with van der Waals surface area (Å²) in [6.45, 7) is 2.63. The van der Waals surface area contributed by atoms with E-state index in [0.29, 0.717) is 37.2 Å². The average Bonchev–Trinajstić information content (AvgIpc) is 3.22. The molecule has 8 nitrogen and oxygen atoms in total. The molecule has 0 spiro atoms. The average molecular weight is 370 g/mol. The number of nitrogens with zero attached hydrogens (tertiary/aromatic N) is 3. The molecule has 0 aliphatic carbocycles. The lowest BCUT2D eigenvalue weighted by atomic mass is 9.96. The maximum atomic E-state index is 12.6. The summed E-state index contributed by atoms with van der Waals surface area (Å²) in [6, 6.07) is 8.01. The summed E-state index contributed by atoms with van der Waals surface area (Å²) in [7, 11) is 0. The summed E-state index contributed by atoms with van der Waals surface area (Å²) < 4.78 is 1.56. The summed E-state index contributed by atoms with van der Waals surface area (Å²) in [5, 5.41) is 15.9. The molecule has 1 unspecified atom stereocenters. The van der Waals surface area contributed by atoms with Gasteiger partial charge in [0.15, 0.2) is 0 Å². The van der Waals surface area contributed by atoms with Crippen LogP contribution < -0.4 is 5.32 Å². The Labute approximate surface area is 156 Å². The van der Waals surface area contributed by atoms with E-state index < -0.39 is 12.0 Å². The molecular formula is C19H22N4O4. The second kappa shape index (κ2) is 8.03. The van der Waals surface area contributed by atoms with Gasteiger partial charge in [-0.3, -0.25) is 19.1 Å². The summed E-state index contributed by atoms with van der Waals surface area (Å²) in [5.74, 6) is -1.50. The fraction of sp³-hybridized carbons (Fsp3) is 0.368. The zero-order valence-corrected chi connectivity index (χ0v) is 15.0. The Morgan fingerprint density at radius 2 is 1.85 bits per heavy atom. The molecule has 8 heteroatoms. The number of carboxylic acid groups (broad SMARTS) is 1. The Morgan fingerprint density at radius 1 is 1.19 bits per heavy atom. The third-order valence-electron chi connectivity index (χ3n) is 4.83. The number of carbonyl (C=O) groups is 3. The van der Waals surface area contributed by atoms with E-state index in [1.54, 1.807) is 59.2 Å². The van der Waals surface area contributed by atoms with Gasteiger partial charge >= 0.3 is 5.97 Å². The number of amides is 2. The van der Waals surface area contributed by atoms with Gasteiger partial charge in [-0.25, -0.2) is 0 Å². The lowest BCUT2D eigenvalue weighted by Crippen LogP contribution is -2.40. The molecule has 0 radical (unpaired) electrons. The molecule has 1 aromatic carbocycles. The highest BCUT2D eigenvalue weighted by Crippen LogP contribution is 2.20. The highest BCUT2D eigenvalue weighted by atomic mass is 16.4. The predicted octanol–water partition coefficient (Wildman–Crippen LogP) is 2.02. The second-order valence-electron chi connectivity index (χ2n) is 6.63. The third-order valence-corrected chi connectivity index (χ3v) is 4.83. The molecule has 1 atom stereocenters. The van der Waals surface area contributed by atoms with Crippen molar-refractivity contribution < 1.29 is 19.5 Å². The number of aromatic nitrogens is 2. The van der Waals surface area contributed by atoms with Crippen molar-refractivity contribution in [3.05, 3.63) is 48.3 Å². The van der Waals surface area contributed by atoms with Crippen molar-refractivity contribution in [3.63, 3.8) is 0 Å². The van der Waals surface area contributed by atoms with E-state index in [1.807, 2.05) is 0 Å². The number of piperidine rings is 1. The highest BCUT2D eigenvalue weighted by molar-refractivity contribution is 5.96. The molecule has 0 saturated carbocycles. The maximum absolute atomic E-state index is 12.6. The zero-order chi connectivity index (χ0) is 19.4. The van der Waals surface area contributed by atoms with Crippen LogP contribution >= 0.6 is 0 Å². The molecule has 0 bridgehead atoms. The number of hydrogen-bond donors (Lipinski definition) is 2. The molecule has 2 aromatic rings. The number of nitrogens with one attached hydrogen (secondary N) is 1. The van der Waals surface area contributed by atoms with Crippen LogP contribution in [0.3, 0.4) is 0 Å². The first kappa shape index (κ1) is 18.6. The predicted molar refractivity (Wildman–Crippen MR) is 98.3 cm³/mol. The summed E-state index contributed by atoms with van der Waals surface area (Å²) >= 11 is 0. The first-order valence-corrected chi connectivity index (χ1v) is 8.88. The molecule has 2 heterocycles. The molecule has 2 N–H and O–H groups in total. The van der Waals surface area contributed by atoms with Crippen molar-refractivity contribution in [3.8, 4) is 0 Å². The van der Waals surface area contributed by atoms with Crippen molar-refractivity contribution in [1.29, 1.82) is 0 Å². The van der Waals surface area contributed by atoms with Crippen LogP contribution in [0.15, 0.2) is 42.7 Å². The van der Waals surface area contributed by atoms with Crippen molar-refractivity contribution in [1.82, 2.24) is 14.7 Å². The van der Waals surface area contributed by atoms with Crippen molar-refractivity contribution in [2.75, 3.05) is 18.4 Å². The number of likely N-dealkylation sites (tertiary alicyclic amines) is 1. The van der Waals surface area contributed by atoms with Crippen LogP contribution in [0, 0.1) is 5.92 Å².